The summed E-state index contributed by atoms with van der Waals surface area (Å²) in [6, 6.07) is 4.57. The summed E-state index contributed by atoms with van der Waals surface area (Å²) in [5.74, 6) is 0.731. The van der Waals surface area contributed by atoms with Crippen LogP contribution in [0.15, 0.2) is 36.3 Å². The summed E-state index contributed by atoms with van der Waals surface area (Å²) in [6.07, 6.45) is 15.1. The number of ether oxygens (including phenoxy) is 1. The van der Waals surface area contributed by atoms with Crippen molar-refractivity contribution in [3.8, 4) is 5.75 Å². The van der Waals surface area contributed by atoms with Gasteiger partial charge in [0.25, 0.3) is 0 Å². The minimum atomic E-state index is 0.568. The molecule has 132 valence electrons. The van der Waals surface area contributed by atoms with Crippen LogP contribution in [0.2, 0.25) is 5.02 Å². The SMILES string of the molecule is Clc1cncc(OCC2=C(c3ccnn3C3CCCC3)CCCC2)c1. The highest BCUT2D eigenvalue weighted by molar-refractivity contribution is 6.30. The number of nitrogens with zero attached hydrogens (tertiary/aromatic N) is 3. The number of pyridine rings is 1. The minimum Gasteiger partial charge on any atom is -0.488 e. The van der Waals surface area contributed by atoms with Crippen LogP contribution in [0.1, 0.15) is 63.1 Å². The molecular weight excluding hydrogens is 334 g/mol. The molecule has 0 aromatic carbocycles. The van der Waals surface area contributed by atoms with Crippen molar-refractivity contribution in [1.29, 1.82) is 0 Å². The van der Waals surface area contributed by atoms with Gasteiger partial charge in [-0.3, -0.25) is 9.67 Å². The van der Waals surface area contributed by atoms with E-state index in [1.165, 1.54) is 55.4 Å². The van der Waals surface area contributed by atoms with E-state index < -0.39 is 0 Å². The zero-order valence-corrected chi connectivity index (χ0v) is 15.2. The fraction of sp³-hybridized carbons (Fsp3) is 0.500. The highest BCUT2D eigenvalue weighted by Gasteiger charge is 2.23. The molecular formula is C20H24ClN3O. The first-order chi connectivity index (χ1) is 12.3. The Bertz CT molecular complexity index is 762. The van der Waals surface area contributed by atoms with Gasteiger partial charge in [-0.15, -0.1) is 0 Å². The van der Waals surface area contributed by atoms with Gasteiger partial charge in [-0.05, 0) is 55.7 Å². The topological polar surface area (TPSA) is 39.9 Å². The first kappa shape index (κ1) is 16.6. The van der Waals surface area contributed by atoms with Crippen molar-refractivity contribution in [2.45, 2.75) is 57.4 Å². The summed E-state index contributed by atoms with van der Waals surface area (Å²) >= 11 is 6.00. The van der Waals surface area contributed by atoms with Gasteiger partial charge in [0.05, 0.1) is 23.0 Å². The van der Waals surface area contributed by atoms with Crippen molar-refractivity contribution >= 4 is 17.2 Å². The molecule has 0 spiro atoms. The molecule has 25 heavy (non-hydrogen) atoms. The molecule has 0 atom stereocenters. The molecule has 2 aromatic rings. The summed E-state index contributed by atoms with van der Waals surface area (Å²) in [5.41, 5.74) is 4.13. The molecule has 0 amide bonds. The first-order valence-corrected chi connectivity index (χ1v) is 9.67. The average molecular weight is 358 g/mol. The standard InChI is InChI=1S/C20H24ClN3O/c21-16-11-18(13-22-12-16)25-14-15-5-1-4-8-19(15)20-9-10-23-24(20)17-6-2-3-7-17/h9-13,17H,1-8,14H2. The van der Waals surface area contributed by atoms with Crippen LogP contribution in [0.25, 0.3) is 5.57 Å². The monoisotopic (exact) mass is 357 g/mol. The van der Waals surface area contributed by atoms with Crippen molar-refractivity contribution in [3.05, 3.63) is 47.0 Å². The number of aromatic nitrogens is 3. The summed E-state index contributed by atoms with van der Waals surface area (Å²) in [6.45, 7) is 0.604. The van der Waals surface area contributed by atoms with Crippen LogP contribution in [0, 0.1) is 0 Å². The lowest BCUT2D eigenvalue weighted by Crippen LogP contribution is -2.14. The van der Waals surface area contributed by atoms with Crippen molar-refractivity contribution in [3.63, 3.8) is 0 Å². The molecule has 2 aromatic heterocycles. The number of hydrogen-bond acceptors (Lipinski definition) is 3. The second kappa shape index (κ2) is 7.61. The third-order valence-electron chi connectivity index (χ3n) is 5.33. The maximum Gasteiger partial charge on any atom is 0.139 e. The van der Waals surface area contributed by atoms with E-state index in [0.717, 1.165) is 18.6 Å². The Kier molecular flexibility index (Phi) is 5.07. The Morgan fingerprint density at radius 2 is 1.96 bits per heavy atom. The van der Waals surface area contributed by atoms with Gasteiger partial charge in [-0.1, -0.05) is 24.4 Å². The molecule has 0 radical (unpaired) electrons. The van der Waals surface area contributed by atoms with Crippen LogP contribution >= 0.6 is 11.6 Å². The lowest BCUT2D eigenvalue weighted by atomic mass is 9.90. The van der Waals surface area contributed by atoms with E-state index in [-0.39, 0.29) is 0 Å². The quantitative estimate of drug-likeness (QED) is 0.714. The van der Waals surface area contributed by atoms with Crippen molar-refractivity contribution in [2.24, 2.45) is 0 Å². The maximum atomic E-state index is 6.00. The molecule has 0 unspecified atom stereocenters. The van der Waals surface area contributed by atoms with Gasteiger partial charge < -0.3 is 4.74 Å². The minimum absolute atomic E-state index is 0.568. The van der Waals surface area contributed by atoms with Gasteiger partial charge in [-0.25, -0.2) is 0 Å². The lowest BCUT2D eigenvalue weighted by Gasteiger charge is -2.23. The van der Waals surface area contributed by atoms with E-state index in [2.05, 4.69) is 20.8 Å². The first-order valence-electron chi connectivity index (χ1n) is 9.29. The third-order valence-corrected chi connectivity index (χ3v) is 5.53. The number of rotatable bonds is 5. The molecule has 0 aliphatic heterocycles. The predicted molar refractivity (Wildman–Crippen MR) is 99.9 cm³/mol. The zero-order chi connectivity index (χ0) is 17.1. The predicted octanol–water partition coefficient (Wildman–Crippen LogP) is 5.45. The van der Waals surface area contributed by atoms with Crippen LogP contribution < -0.4 is 4.74 Å². The second-order valence-corrected chi connectivity index (χ2v) is 7.45. The third kappa shape index (κ3) is 3.74. The fourth-order valence-electron chi connectivity index (χ4n) is 4.07. The van der Waals surface area contributed by atoms with Crippen molar-refractivity contribution < 1.29 is 4.74 Å². The average Bonchev–Trinajstić information content (AvgIpc) is 3.31. The molecule has 2 aliphatic carbocycles. The molecule has 2 aliphatic rings. The van der Waals surface area contributed by atoms with Crippen LogP contribution in [-0.2, 0) is 0 Å². The molecule has 1 fully saturated rings. The molecule has 0 N–H and O–H groups in total. The van der Waals surface area contributed by atoms with Crippen LogP contribution in [0.4, 0.5) is 0 Å². The molecule has 5 heteroatoms. The molecule has 0 bridgehead atoms. The van der Waals surface area contributed by atoms with Gasteiger partial charge in [0.15, 0.2) is 0 Å². The molecule has 1 saturated carbocycles. The Morgan fingerprint density at radius 3 is 2.80 bits per heavy atom. The summed E-state index contributed by atoms with van der Waals surface area (Å²) in [5, 5.41) is 5.26. The smallest absolute Gasteiger partial charge is 0.139 e. The Morgan fingerprint density at radius 1 is 1.12 bits per heavy atom. The van der Waals surface area contributed by atoms with Crippen molar-refractivity contribution in [2.75, 3.05) is 6.61 Å². The maximum absolute atomic E-state index is 6.00. The summed E-state index contributed by atoms with van der Waals surface area (Å²) in [4.78, 5) is 4.10. The van der Waals surface area contributed by atoms with E-state index in [1.807, 2.05) is 12.3 Å². The number of halogens is 1. The van der Waals surface area contributed by atoms with Crippen LogP contribution in [0.3, 0.4) is 0 Å². The Hall–Kier alpha value is -1.81. The molecule has 4 rings (SSSR count). The fourth-order valence-corrected chi connectivity index (χ4v) is 4.23. The van der Waals surface area contributed by atoms with E-state index in [1.54, 1.807) is 12.4 Å². The van der Waals surface area contributed by atoms with Crippen LogP contribution in [-0.4, -0.2) is 21.4 Å². The highest BCUT2D eigenvalue weighted by Crippen LogP contribution is 2.36. The Balaban J connectivity index is 1.58. The van der Waals surface area contributed by atoms with Gasteiger partial charge in [-0.2, -0.15) is 5.10 Å². The molecule has 2 heterocycles. The lowest BCUT2D eigenvalue weighted by molar-refractivity contribution is 0.343. The normalized spacial score (nSPS) is 18.8. The van der Waals surface area contributed by atoms with Gasteiger partial charge in [0.2, 0.25) is 0 Å². The van der Waals surface area contributed by atoms with E-state index in [9.17, 15) is 0 Å². The number of hydrogen-bond donors (Lipinski definition) is 0. The molecule has 4 nitrogen and oxygen atoms in total. The van der Waals surface area contributed by atoms with E-state index >= 15 is 0 Å². The highest BCUT2D eigenvalue weighted by atomic mass is 35.5. The number of allylic oxidation sites excluding steroid dienone is 1. The molecule has 0 saturated heterocycles. The zero-order valence-electron chi connectivity index (χ0n) is 14.5. The summed E-state index contributed by atoms with van der Waals surface area (Å²) in [7, 11) is 0. The van der Waals surface area contributed by atoms with Crippen LogP contribution in [0.5, 0.6) is 5.75 Å². The van der Waals surface area contributed by atoms with Gasteiger partial charge in [0.1, 0.15) is 12.4 Å². The van der Waals surface area contributed by atoms with E-state index in [4.69, 9.17) is 16.3 Å². The van der Waals surface area contributed by atoms with E-state index in [0.29, 0.717) is 17.7 Å². The van der Waals surface area contributed by atoms with Gasteiger partial charge in [0, 0.05) is 18.5 Å². The van der Waals surface area contributed by atoms with Crippen molar-refractivity contribution in [1.82, 2.24) is 14.8 Å². The van der Waals surface area contributed by atoms with Gasteiger partial charge >= 0.3 is 0 Å². The second-order valence-electron chi connectivity index (χ2n) is 7.02. The summed E-state index contributed by atoms with van der Waals surface area (Å²) < 4.78 is 8.26. The largest absolute Gasteiger partial charge is 0.488 e. The Labute approximate surface area is 153 Å².